The first-order valence-corrected chi connectivity index (χ1v) is 7.02. The summed E-state index contributed by atoms with van der Waals surface area (Å²) < 4.78 is 6.08. The molecule has 0 saturated heterocycles. The largest absolute Gasteiger partial charge is 0.497 e. The van der Waals surface area contributed by atoms with Crippen molar-refractivity contribution in [3.8, 4) is 5.75 Å². The highest BCUT2D eigenvalue weighted by Crippen LogP contribution is 2.29. The fraction of sp³-hybridized carbons (Fsp3) is 0.571. The van der Waals surface area contributed by atoms with Crippen LogP contribution in [-0.2, 0) is 0 Å². The van der Waals surface area contributed by atoms with Crippen LogP contribution in [-0.4, -0.2) is 18.3 Å². The van der Waals surface area contributed by atoms with Crippen LogP contribution in [0, 0.1) is 5.92 Å². The first-order valence-electron chi connectivity index (χ1n) is 6.22. The summed E-state index contributed by atoms with van der Waals surface area (Å²) in [6.45, 7) is 4.28. The molecular weight excluding hydrogens is 330 g/mol. The average molecular weight is 353 g/mol. The molecule has 2 atom stereocenters. The highest BCUT2D eigenvalue weighted by atomic mass is 79.9. The van der Waals surface area contributed by atoms with Crippen LogP contribution in [0.2, 0.25) is 0 Å². The van der Waals surface area contributed by atoms with Crippen LogP contribution in [0.5, 0.6) is 5.75 Å². The zero-order chi connectivity index (χ0) is 13.7. The van der Waals surface area contributed by atoms with Crippen molar-refractivity contribution in [2.45, 2.75) is 38.8 Å². The fourth-order valence-electron chi connectivity index (χ4n) is 1.80. The molecular formula is C14H23BrClNO2. The van der Waals surface area contributed by atoms with E-state index in [1.54, 1.807) is 7.11 Å². The van der Waals surface area contributed by atoms with Crippen LogP contribution in [0.1, 0.15) is 38.3 Å². The summed E-state index contributed by atoms with van der Waals surface area (Å²) >= 11 is 3.46. The van der Waals surface area contributed by atoms with Crippen molar-refractivity contribution in [2.75, 3.05) is 7.11 Å². The first kappa shape index (κ1) is 18.7. The zero-order valence-electron chi connectivity index (χ0n) is 11.6. The molecule has 1 aromatic rings. The van der Waals surface area contributed by atoms with Gasteiger partial charge in [0.2, 0.25) is 0 Å². The molecule has 0 unspecified atom stereocenters. The van der Waals surface area contributed by atoms with Gasteiger partial charge in [-0.25, -0.2) is 0 Å². The van der Waals surface area contributed by atoms with E-state index in [-0.39, 0.29) is 12.4 Å². The SMILES string of the molecule is COc1ccc(Br)c([C@H](N)[C@H](O)CCC(C)C)c1.Cl. The maximum absolute atomic E-state index is 10.1. The lowest BCUT2D eigenvalue weighted by atomic mass is 9.96. The Bertz CT molecular complexity index is 388. The predicted molar refractivity (Wildman–Crippen MR) is 84.9 cm³/mol. The van der Waals surface area contributed by atoms with Gasteiger partial charge in [0.05, 0.1) is 19.3 Å². The normalized spacial score (nSPS) is 13.8. The number of hydrogen-bond acceptors (Lipinski definition) is 3. The average Bonchev–Trinajstić information content (AvgIpc) is 2.35. The van der Waals surface area contributed by atoms with Gasteiger partial charge < -0.3 is 15.6 Å². The van der Waals surface area contributed by atoms with Crippen LogP contribution in [0.4, 0.5) is 0 Å². The van der Waals surface area contributed by atoms with Crippen molar-refractivity contribution in [2.24, 2.45) is 11.7 Å². The van der Waals surface area contributed by atoms with E-state index in [0.717, 1.165) is 22.2 Å². The maximum atomic E-state index is 10.1. The molecule has 19 heavy (non-hydrogen) atoms. The Morgan fingerprint density at radius 3 is 2.47 bits per heavy atom. The van der Waals surface area contributed by atoms with E-state index in [2.05, 4.69) is 29.8 Å². The molecule has 0 heterocycles. The molecule has 1 aromatic carbocycles. The van der Waals surface area contributed by atoms with Crippen LogP contribution < -0.4 is 10.5 Å². The molecule has 0 fully saturated rings. The third-order valence-corrected chi connectivity index (χ3v) is 3.74. The Morgan fingerprint density at radius 1 is 1.32 bits per heavy atom. The number of rotatable bonds is 6. The van der Waals surface area contributed by atoms with Gasteiger partial charge in [-0.1, -0.05) is 29.8 Å². The van der Waals surface area contributed by atoms with Gasteiger partial charge >= 0.3 is 0 Å². The molecule has 3 N–H and O–H groups in total. The topological polar surface area (TPSA) is 55.5 Å². The number of hydrogen-bond donors (Lipinski definition) is 2. The molecule has 3 nitrogen and oxygen atoms in total. The number of ether oxygens (including phenoxy) is 1. The Morgan fingerprint density at radius 2 is 1.95 bits per heavy atom. The first-order chi connectivity index (χ1) is 8.45. The molecule has 0 amide bonds. The van der Waals surface area contributed by atoms with Crippen molar-refractivity contribution in [1.29, 1.82) is 0 Å². The maximum Gasteiger partial charge on any atom is 0.119 e. The molecule has 5 heteroatoms. The zero-order valence-corrected chi connectivity index (χ0v) is 14.0. The summed E-state index contributed by atoms with van der Waals surface area (Å²) in [5.41, 5.74) is 6.99. The van der Waals surface area contributed by atoms with E-state index in [9.17, 15) is 5.11 Å². The van der Waals surface area contributed by atoms with Gasteiger partial charge in [0.25, 0.3) is 0 Å². The molecule has 0 aliphatic rings. The van der Waals surface area contributed by atoms with Crippen molar-refractivity contribution in [1.82, 2.24) is 0 Å². The van der Waals surface area contributed by atoms with Gasteiger partial charge in [-0.05, 0) is 42.5 Å². The van der Waals surface area contributed by atoms with Gasteiger partial charge in [-0.15, -0.1) is 12.4 Å². The lowest BCUT2D eigenvalue weighted by Gasteiger charge is -2.21. The third-order valence-electron chi connectivity index (χ3n) is 3.02. The summed E-state index contributed by atoms with van der Waals surface area (Å²) in [5, 5.41) is 10.1. The predicted octanol–water partition coefficient (Wildman–Crippen LogP) is 3.68. The van der Waals surface area contributed by atoms with Crippen molar-refractivity contribution in [3.05, 3.63) is 28.2 Å². The number of halogens is 2. The highest BCUT2D eigenvalue weighted by molar-refractivity contribution is 9.10. The van der Waals surface area contributed by atoms with Gasteiger partial charge in [-0.3, -0.25) is 0 Å². The molecule has 1 rings (SSSR count). The summed E-state index contributed by atoms with van der Waals surface area (Å²) in [4.78, 5) is 0. The van der Waals surface area contributed by atoms with Crippen molar-refractivity contribution in [3.63, 3.8) is 0 Å². The number of aliphatic hydroxyl groups is 1. The lowest BCUT2D eigenvalue weighted by molar-refractivity contribution is 0.128. The summed E-state index contributed by atoms with van der Waals surface area (Å²) in [6.07, 6.45) is 1.15. The van der Waals surface area contributed by atoms with E-state index in [0.29, 0.717) is 12.3 Å². The molecule has 110 valence electrons. The fourth-order valence-corrected chi connectivity index (χ4v) is 2.31. The Balaban J connectivity index is 0.00000324. The second kappa shape index (κ2) is 8.80. The molecule has 0 spiro atoms. The van der Waals surface area contributed by atoms with Gasteiger partial charge in [-0.2, -0.15) is 0 Å². The van der Waals surface area contributed by atoms with E-state index < -0.39 is 12.1 Å². The molecule has 0 aromatic heterocycles. The van der Waals surface area contributed by atoms with E-state index in [4.69, 9.17) is 10.5 Å². The molecule has 0 radical (unpaired) electrons. The van der Waals surface area contributed by atoms with Crippen molar-refractivity contribution >= 4 is 28.3 Å². The number of methoxy groups -OCH3 is 1. The van der Waals surface area contributed by atoms with Gasteiger partial charge in [0.15, 0.2) is 0 Å². The molecule has 0 bridgehead atoms. The second-order valence-corrected chi connectivity index (χ2v) is 5.81. The summed E-state index contributed by atoms with van der Waals surface area (Å²) in [6, 6.07) is 5.23. The highest BCUT2D eigenvalue weighted by Gasteiger charge is 2.19. The standard InChI is InChI=1S/C14H22BrNO2.ClH/c1-9(2)4-7-13(17)14(16)11-8-10(18-3)5-6-12(11)15;/h5-6,8-9,13-14,17H,4,7,16H2,1-3H3;1H/t13-,14+;/m1./s1. The number of nitrogens with two attached hydrogens (primary N) is 1. The van der Waals surface area contributed by atoms with Gasteiger partial charge in [0, 0.05) is 4.47 Å². The van der Waals surface area contributed by atoms with E-state index in [1.165, 1.54) is 0 Å². The van der Waals surface area contributed by atoms with Crippen molar-refractivity contribution < 1.29 is 9.84 Å². The Hall–Kier alpha value is -0.290. The minimum Gasteiger partial charge on any atom is -0.497 e. The van der Waals surface area contributed by atoms with E-state index >= 15 is 0 Å². The molecule has 0 aliphatic heterocycles. The lowest BCUT2D eigenvalue weighted by Crippen LogP contribution is -2.26. The van der Waals surface area contributed by atoms with Crippen LogP contribution in [0.15, 0.2) is 22.7 Å². The van der Waals surface area contributed by atoms with Crippen LogP contribution in [0.3, 0.4) is 0 Å². The van der Waals surface area contributed by atoms with Gasteiger partial charge in [0.1, 0.15) is 5.75 Å². The molecule has 0 saturated carbocycles. The smallest absolute Gasteiger partial charge is 0.119 e. The Labute approximate surface area is 130 Å². The third kappa shape index (κ3) is 5.69. The number of aliphatic hydroxyl groups excluding tert-OH is 1. The summed E-state index contributed by atoms with van der Waals surface area (Å²) in [5.74, 6) is 1.32. The van der Waals surface area contributed by atoms with Crippen LogP contribution >= 0.6 is 28.3 Å². The minimum atomic E-state index is -0.532. The minimum absolute atomic E-state index is 0. The Kier molecular flexibility index (Phi) is 8.66. The monoisotopic (exact) mass is 351 g/mol. The second-order valence-electron chi connectivity index (χ2n) is 4.95. The quantitative estimate of drug-likeness (QED) is 0.821. The summed E-state index contributed by atoms with van der Waals surface area (Å²) in [7, 11) is 1.62. The number of benzene rings is 1. The van der Waals surface area contributed by atoms with Crippen LogP contribution in [0.25, 0.3) is 0 Å². The molecule has 0 aliphatic carbocycles. The van der Waals surface area contributed by atoms with E-state index in [1.807, 2.05) is 18.2 Å².